The summed E-state index contributed by atoms with van der Waals surface area (Å²) in [5.41, 5.74) is 9.09. The van der Waals surface area contributed by atoms with Crippen LogP contribution in [0.1, 0.15) is 65.0 Å². The average molecular weight is 645 g/mol. The van der Waals surface area contributed by atoms with E-state index in [0.29, 0.717) is 0 Å². The van der Waals surface area contributed by atoms with Crippen LogP contribution in [-0.2, 0) is 22.7 Å². The normalized spacial score (nSPS) is 15.6. The third-order valence-electron chi connectivity index (χ3n) is 10.4. The van der Waals surface area contributed by atoms with Crippen molar-refractivity contribution in [2.45, 2.75) is 67.0 Å². The van der Waals surface area contributed by atoms with Gasteiger partial charge in [0.2, 0.25) is 0 Å². The van der Waals surface area contributed by atoms with Crippen molar-refractivity contribution in [2.24, 2.45) is 5.41 Å². The number of benzene rings is 4. The summed E-state index contributed by atoms with van der Waals surface area (Å²) in [7, 11) is 0. The highest BCUT2D eigenvalue weighted by Crippen LogP contribution is 2.41. The summed E-state index contributed by atoms with van der Waals surface area (Å²) in [6.45, 7) is 12.7. The first-order chi connectivity index (χ1) is 23.7. The van der Waals surface area contributed by atoms with Crippen LogP contribution in [0.4, 0.5) is 0 Å². The number of hydrogen-bond donors (Lipinski definition) is 0. The second-order valence-electron chi connectivity index (χ2n) is 14.0. The number of aromatic nitrogens is 2. The van der Waals surface area contributed by atoms with Gasteiger partial charge in [0.05, 0.1) is 5.57 Å². The van der Waals surface area contributed by atoms with E-state index >= 15 is 0 Å². The number of aryl methyl sites for hydroxylation is 2. The molecule has 6 aromatic rings. The van der Waals surface area contributed by atoms with Crippen LogP contribution < -0.4 is 0 Å². The van der Waals surface area contributed by atoms with Crippen LogP contribution in [-0.4, -0.2) is 20.7 Å². The molecule has 246 valence electrons. The average Bonchev–Trinajstić information content (AvgIpc) is 3.60. The lowest BCUT2D eigenvalue weighted by Crippen LogP contribution is -2.19. The van der Waals surface area contributed by atoms with Gasteiger partial charge in [-0.15, -0.1) is 0 Å². The molecular formula is C45H44N2O2. The highest BCUT2D eigenvalue weighted by Gasteiger charge is 2.27. The van der Waals surface area contributed by atoms with Gasteiger partial charge in [-0.05, 0) is 117 Å². The summed E-state index contributed by atoms with van der Waals surface area (Å²) in [4.78, 5) is 28.0. The second-order valence-corrected chi connectivity index (χ2v) is 14.0. The van der Waals surface area contributed by atoms with Crippen LogP contribution in [0.15, 0.2) is 120 Å². The van der Waals surface area contributed by atoms with Gasteiger partial charge in [0, 0.05) is 56.7 Å². The minimum absolute atomic E-state index is 0.00896. The van der Waals surface area contributed by atoms with Crippen molar-refractivity contribution in [1.29, 1.82) is 0 Å². The minimum atomic E-state index is -0.310. The van der Waals surface area contributed by atoms with Crippen molar-refractivity contribution >= 4 is 67.3 Å². The topological polar surface area (TPSA) is 44.0 Å². The van der Waals surface area contributed by atoms with Gasteiger partial charge in [0.15, 0.2) is 11.6 Å². The van der Waals surface area contributed by atoms with E-state index in [9.17, 15) is 9.59 Å². The van der Waals surface area contributed by atoms with E-state index in [-0.39, 0.29) is 22.6 Å². The maximum Gasteiger partial charge on any atom is 0.189 e. The van der Waals surface area contributed by atoms with Gasteiger partial charge in [0.25, 0.3) is 0 Å². The molecule has 0 bridgehead atoms. The summed E-state index contributed by atoms with van der Waals surface area (Å²) < 4.78 is 4.62. The number of allylic oxidation sites excluding steroid dienone is 6. The molecular weight excluding hydrogens is 601 g/mol. The molecule has 0 fully saturated rings. The third kappa shape index (κ3) is 5.90. The molecule has 0 N–H and O–H groups in total. The first kappa shape index (κ1) is 32.3. The highest BCUT2D eigenvalue weighted by molar-refractivity contribution is 6.30. The van der Waals surface area contributed by atoms with Gasteiger partial charge in [0.1, 0.15) is 0 Å². The van der Waals surface area contributed by atoms with Crippen molar-refractivity contribution in [3.63, 3.8) is 0 Å². The Labute approximate surface area is 288 Å². The van der Waals surface area contributed by atoms with Crippen LogP contribution in [0.2, 0.25) is 0 Å². The Kier molecular flexibility index (Phi) is 8.58. The molecule has 4 heteroatoms. The van der Waals surface area contributed by atoms with E-state index < -0.39 is 0 Å². The van der Waals surface area contributed by atoms with Crippen molar-refractivity contribution in [2.75, 3.05) is 0 Å². The largest absolute Gasteiger partial charge is 0.341 e. The maximum absolute atomic E-state index is 14.0. The van der Waals surface area contributed by atoms with Crippen LogP contribution in [0.25, 0.3) is 55.8 Å². The molecule has 1 aliphatic carbocycles. The molecule has 49 heavy (non-hydrogen) atoms. The van der Waals surface area contributed by atoms with E-state index in [4.69, 9.17) is 0 Å². The van der Waals surface area contributed by atoms with Crippen molar-refractivity contribution in [3.05, 3.63) is 131 Å². The SMILES string of the molecule is CCn1c2ccccc2c2cc(C=CC(=O)C(=Cc3ccc4c(c3)c3ccccc3n4CC)C(=O)C=CC3=C(C)CCCC3(C)C)ccc21. The fourth-order valence-corrected chi connectivity index (χ4v) is 7.97. The van der Waals surface area contributed by atoms with E-state index in [0.717, 1.165) is 65.2 Å². The van der Waals surface area contributed by atoms with Crippen LogP contribution in [0, 0.1) is 5.41 Å². The smallest absolute Gasteiger partial charge is 0.189 e. The Morgan fingerprint density at radius 2 is 1.18 bits per heavy atom. The number of para-hydroxylation sites is 2. The van der Waals surface area contributed by atoms with Gasteiger partial charge >= 0.3 is 0 Å². The molecule has 4 nitrogen and oxygen atoms in total. The van der Waals surface area contributed by atoms with Crippen LogP contribution in [0.5, 0.6) is 0 Å². The molecule has 2 aromatic heterocycles. The molecule has 7 rings (SSSR count). The summed E-state index contributed by atoms with van der Waals surface area (Å²) in [5.74, 6) is -0.593. The quantitative estimate of drug-likeness (QED) is 0.0893. The highest BCUT2D eigenvalue weighted by atomic mass is 16.1. The Balaban J connectivity index is 1.29. The van der Waals surface area contributed by atoms with Gasteiger partial charge in [-0.2, -0.15) is 0 Å². The molecule has 0 atom stereocenters. The standard InChI is InChI=1S/C45H44N2O2/c1-6-46-39-16-10-8-14-33(39)35-27-31(18-22-41(35)46)20-24-43(48)37(44(49)25-21-38-30(3)13-12-26-45(38,4)5)29-32-19-23-42-36(28-32)34-15-9-11-17-40(34)47(42)7-2/h8-11,14-25,27-29H,6-7,12-13,26H2,1-5H3. The zero-order valence-corrected chi connectivity index (χ0v) is 29.2. The summed E-state index contributed by atoms with van der Waals surface area (Å²) in [5, 5.41) is 4.62. The summed E-state index contributed by atoms with van der Waals surface area (Å²) in [6.07, 6.45) is 12.0. The Morgan fingerprint density at radius 3 is 1.76 bits per heavy atom. The van der Waals surface area contributed by atoms with Crippen LogP contribution in [0.3, 0.4) is 0 Å². The van der Waals surface area contributed by atoms with E-state index in [1.807, 2.05) is 24.3 Å². The van der Waals surface area contributed by atoms with Gasteiger partial charge < -0.3 is 9.13 Å². The van der Waals surface area contributed by atoms with Crippen molar-refractivity contribution in [3.8, 4) is 0 Å². The molecule has 2 heterocycles. The first-order valence-electron chi connectivity index (χ1n) is 17.6. The molecule has 0 radical (unpaired) electrons. The number of rotatable bonds is 9. The predicted molar refractivity (Wildman–Crippen MR) is 207 cm³/mol. The molecule has 0 aliphatic heterocycles. The van der Waals surface area contributed by atoms with Gasteiger partial charge in [-0.1, -0.05) is 80.1 Å². The lowest BCUT2D eigenvalue weighted by atomic mass is 9.72. The van der Waals surface area contributed by atoms with Gasteiger partial charge in [-0.3, -0.25) is 9.59 Å². The Morgan fingerprint density at radius 1 is 0.673 bits per heavy atom. The number of ketones is 2. The zero-order chi connectivity index (χ0) is 34.3. The second kappa shape index (κ2) is 13.0. The van der Waals surface area contributed by atoms with Gasteiger partial charge in [-0.25, -0.2) is 0 Å². The number of carbonyl (C=O) groups is 2. The zero-order valence-electron chi connectivity index (χ0n) is 29.2. The maximum atomic E-state index is 14.0. The molecule has 4 aromatic carbocycles. The predicted octanol–water partition coefficient (Wildman–Crippen LogP) is 11.3. The monoisotopic (exact) mass is 644 g/mol. The van der Waals surface area contributed by atoms with Crippen molar-refractivity contribution < 1.29 is 9.59 Å². The minimum Gasteiger partial charge on any atom is -0.341 e. The molecule has 0 saturated heterocycles. The molecule has 0 amide bonds. The van der Waals surface area contributed by atoms with Crippen LogP contribution >= 0.6 is 0 Å². The lowest BCUT2D eigenvalue weighted by molar-refractivity contribution is -0.116. The fourth-order valence-electron chi connectivity index (χ4n) is 7.97. The van der Waals surface area contributed by atoms with E-state index in [2.05, 4.69) is 117 Å². The van der Waals surface area contributed by atoms with E-state index in [1.54, 1.807) is 18.2 Å². The first-order valence-corrected chi connectivity index (χ1v) is 17.6. The summed E-state index contributed by atoms with van der Waals surface area (Å²) >= 11 is 0. The van der Waals surface area contributed by atoms with Crippen molar-refractivity contribution in [1.82, 2.24) is 9.13 Å². The summed E-state index contributed by atoms with van der Waals surface area (Å²) in [6, 6.07) is 29.3. The molecule has 0 saturated carbocycles. The van der Waals surface area contributed by atoms with E-state index in [1.165, 1.54) is 33.1 Å². The number of hydrogen-bond acceptors (Lipinski definition) is 2. The molecule has 1 aliphatic rings. The lowest BCUT2D eigenvalue weighted by Gasteiger charge is -2.32. The number of nitrogens with zero attached hydrogens (tertiary/aromatic N) is 2. The molecule has 0 unspecified atom stereocenters. The third-order valence-corrected chi connectivity index (χ3v) is 10.4. The number of carbonyl (C=O) groups excluding carboxylic acids is 2. The Bertz CT molecular complexity index is 2400. The molecule has 0 spiro atoms. The number of fused-ring (bicyclic) bond motifs is 6. The fraction of sp³-hybridized carbons (Fsp3) is 0.244. The Hall–Kier alpha value is -5.22.